The maximum Gasteiger partial charge on any atom is 0.220 e. The van der Waals surface area contributed by atoms with E-state index in [2.05, 4.69) is 129 Å². The van der Waals surface area contributed by atoms with Gasteiger partial charge in [0.1, 0.15) is 24.4 Å². The van der Waals surface area contributed by atoms with Crippen molar-refractivity contribution in [3.63, 3.8) is 0 Å². The molecule has 0 radical (unpaired) electrons. The highest BCUT2D eigenvalue weighted by molar-refractivity contribution is 5.76. The summed E-state index contributed by atoms with van der Waals surface area (Å²) in [6.45, 7) is 3.68. The maximum absolute atomic E-state index is 13.1. The number of hydrogen-bond donors (Lipinski definition) is 6. The second-order valence-electron chi connectivity index (χ2n) is 23.2. The summed E-state index contributed by atoms with van der Waals surface area (Å²) in [5.74, 6) is -0.185. The summed E-state index contributed by atoms with van der Waals surface area (Å²) in [7, 11) is 0. The first kappa shape index (κ1) is 77.6. The highest BCUT2D eigenvalue weighted by Gasteiger charge is 2.44. The van der Waals surface area contributed by atoms with Crippen molar-refractivity contribution in [1.82, 2.24) is 5.32 Å². The van der Waals surface area contributed by atoms with Gasteiger partial charge in [-0.3, -0.25) is 4.79 Å². The molecule has 9 nitrogen and oxygen atoms in total. The van der Waals surface area contributed by atoms with Gasteiger partial charge in [0.25, 0.3) is 0 Å². The molecule has 0 aromatic heterocycles. The van der Waals surface area contributed by atoms with Crippen molar-refractivity contribution in [3.05, 3.63) is 122 Å². The Morgan fingerprint density at radius 2 is 0.747 bits per heavy atom. The first-order chi connectivity index (χ1) is 40.8. The zero-order valence-electron chi connectivity index (χ0n) is 53.2. The number of nitrogens with one attached hydrogen (secondary N) is 1. The van der Waals surface area contributed by atoms with E-state index in [9.17, 15) is 30.3 Å². The SMILES string of the molecule is CC/C=C\C/C=C\C/C=C\C/C=C\C/C=C\C/C=C\C/C=C\C/C=C\C/C=C\CCCCCCCCCCCC(=O)NC(COC1OC(CO)C(O)C(O)C1O)C(O)/C=C/CCCCCCCCCCCCCCCCCCCCCCC. The molecule has 0 bridgehead atoms. The van der Waals surface area contributed by atoms with E-state index < -0.39 is 49.5 Å². The Labute approximate surface area is 509 Å². The van der Waals surface area contributed by atoms with Crippen molar-refractivity contribution in [2.24, 2.45) is 0 Å². The van der Waals surface area contributed by atoms with Crippen LogP contribution < -0.4 is 5.32 Å². The van der Waals surface area contributed by atoms with Crippen LogP contribution in [-0.2, 0) is 14.3 Å². The number of aliphatic hydroxyl groups is 5. The van der Waals surface area contributed by atoms with Crippen LogP contribution in [0.4, 0.5) is 0 Å². The third-order valence-electron chi connectivity index (χ3n) is 15.5. The van der Waals surface area contributed by atoms with Gasteiger partial charge in [-0.25, -0.2) is 0 Å². The fraction of sp³-hybridized carbons (Fsp3) is 0.716. The summed E-state index contributed by atoms with van der Waals surface area (Å²) >= 11 is 0. The number of allylic oxidation sites excluding steroid dienone is 19. The molecule has 1 heterocycles. The topological polar surface area (TPSA) is 149 Å². The molecule has 1 saturated heterocycles. The van der Waals surface area contributed by atoms with E-state index in [-0.39, 0.29) is 12.5 Å². The minimum absolute atomic E-state index is 0.185. The van der Waals surface area contributed by atoms with Gasteiger partial charge in [0, 0.05) is 6.42 Å². The van der Waals surface area contributed by atoms with Crippen LogP contribution in [0.2, 0.25) is 0 Å². The maximum atomic E-state index is 13.1. The van der Waals surface area contributed by atoms with E-state index in [4.69, 9.17) is 9.47 Å². The highest BCUT2D eigenvalue weighted by atomic mass is 16.7. The average Bonchev–Trinajstić information content (AvgIpc) is 3.60. The predicted octanol–water partition coefficient (Wildman–Crippen LogP) is 18.6. The Hall–Kier alpha value is -3.41. The highest BCUT2D eigenvalue weighted by Crippen LogP contribution is 2.23. The molecule has 0 spiro atoms. The van der Waals surface area contributed by atoms with Gasteiger partial charge in [0.2, 0.25) is 5.91 Å². The first-order valence-corrected chi connectivity index (χ1v) is 34.3. The Balaban J connectivity index is 2.17. The van der Waals surface area contributed by atoms with E-state index in [1.54, 1.807) is 6.08 Å². The molecule has 0 aromatic rings. The lowest BCUT2D eigenvalue weighted by Crippen LogP contribution is -2.60. The molecule has 1 amide bonds. The Bertz CT molecular complexity index is 1720. The van der Waals surface area contributed by atoms with Gasteiger partial charge in [-0.05, 0) is 89.9 Å². The monoisotopic (exact) mass is 1160 g/mol. The number of rotatable bonds is 58. The molecule has 0 aromatic carbocycles. The fourth-order valence-electron chi connectivity index (χ4n) is 10.2. The third-order valence-corrected chi connectivity index (χ3v) is 15.5. The van der Waals surface area contributed by atoms with E-state index in [1.807, 2.05) is 6.08 Å². The first-order valence-electron chi connectivity index (χ1n) is 34.3. The van der Waals surface area contributed by atoms with Crippen LogP contribution in [0.5, 0.6) is 0 Å². The van der Waals surface area contributed by atoms with Crippen LogP contribution >= 0.6 is 0 Å². The molecule has 1 aliphatic heterocycles. The van der Waals surface area contributed by atoms with Crippen molar-refractivity contribution in [1.29, 1.82) is 0 Å². The van der Waals surface area contributed by atoms with Gasteiger partial charge in [0.15, 0.2) is 6.29 Å². The van der Waals surface area contributed by atoms with E-state index in [0.717, 1.165) is 109 Å². The van der Waals surface area contributed by atoms with Crippen molar-refractivity contribution in [2.45, 2.75) is 326 Å². The van der Waals surface area contributed by atoms with Crippen molar-refractivity contribution in [3.8, 4) is 0 Å². The number of carbonyl (C=O) groups excluding carboxylic acids is 1. The van der Waals surface area contributed by atoms with Crippen LogP contribution in [0.25, 0.3) is 0 Å². The smallest absolute Gasteiger partial charge is 0.220 e. The van der Waals surface area contributed by atoms with Gasteiger partial charge < -0.3 is 40.3 Å². The van der Waals surface area contributed by atoms with Crippen LogP contribution in [0.15, 0.2) is 122 Å². The molecular weight excluding hydrogens is 1030 g/mol. The summed E-state index contributed by atoms with van der Waals surface area (Å²) in [6, 6.07) is -0.818. The summed E-state index contributed by atoms with van der Waals surface area (Å²) < 4.78 is 11.3. The van der Waals surface area contributed by atoms with Gasteiger partial charge in [-0.2, -0.15) is 0 Å². The molecule has 7 unspecified atom stereocenters. The number of aliphatic hydroxyl groups excluding tert-OH is 5. The van der Waals surface area contributed by atoms with Gasteiger partial charge in [0.05, 0.1) is 25.4 Å². The van der Waals surface area contributed by atoms with Gasteiger partial charge >= 0.3 is 0 Å². The molecule has 1 rings (SSSR count). The molecule has 6 N–H and O–H groups in total. The molecule has 1 fully saturated rings. The zero-order chi connectivity index (χ0) is 60.0. The number of ether oxygens (including phenoxy) is 2. The minimum Gasteiger partial charge on any atom is -0.394 e. The Morgan fingerprint density at radius 3 is 1.11 bits per heavy atom. The van der Waals surface area contributed by atoms with Crippen molar-refractivity contribution >= 4 is 5.91 Å². The molecule has 83 heavy (non-hydrogen) atoms. The Morgan fingerprint density at radius 1 is 0.422 bits per heavy atom. The van der Waals surface area contributed by atoms with Crippen LogP contribution in [-0.4, -0.2) is 87.5 Å². The molecule has 0 saturated carbocycles. The predicted molar refractivity (Wildman–Crippen MR) is 354 cm³/mol. The lowest BCUT2D eigenvalue weighted by Gasteiger charge is -2.40. The second-order valence-corrected chi connectivity index (χ2v) is 23.2. The van der Waals surface area contributed by atoms with Gasteiger partial charge in [-0.1, -0.05) is 309 Å². The largest absolute Gasteiger partial charge is 0.394 e. The Kier molecular flexibility index (Phi) is 57.7. The third kappa shape index (κ3) is 50.5. The van der Waals surface area contributed by atoms with Crippen LogP contribution in [0.1, 0.15) is 284 Å². The lowest BCUT2D eigenvalue weighted by molar-refractivity contribution is -0.302. The van der Waals surface area contributed by atoms with Gasteiger partial charge in [-0.15, -0.1) is 0 Å². The van der Waals surface area contributed by atoms with E-state index >= 15 is 0 Å². The zero-order valence-corrected chi connectivity index (χ0v) is 53.2. The lowest BCUT2D eigenvalue weighted by atomic mass is 9.99. The average molecular weight is 1160 g/mol. The fourth-order valence-corrected chi connectivity index (χ4v) is 10.2. The summed E-state index contributed by atoms with van der Waals surface area (Å²) in [5, 5.41) is 54.7. The quantitative estimate of drug-likeness (QED) is 0.0261. The number of hydrogen-bond acceptors (Lipinski definition) is 8. The summed E-state index contributed by atoms with van der Waals surface area (Å²) in [6.07, 6.45) is 85.7. The molecule has 476 valence electrons. The minimum atomic E-state index is -1.57. The van der Waals surface area contributed by atoms with Crippen molar-refractivity contribution in [2.75, 3.05) is 13.2 Å². The van der Waals surface area contributed by atoms with E-state index in [0.29, 0.717) is 6.42 Å². The molecule has 7 atom stereocenters. The van der Waals surface area contributed by atoms with E-state index in [1.165, 1.54) is 154 Å². The standard InChI is InChI=1S/C74H127NO8/c1-3-5-7-9-11-13-15-17-19-21-23-25-27-28-29-30-31-32-33-34-35-36-37-38-39-40-42-44-46-48-50-52-54-56-58-60-62-64-70(78)75-67(66-82-74-73(81)72(80)71(79)69(65-76)83-74)68(77)63-61-59-57-55-53-51-49-47-45-43-41-26-24-22-20-18-16-14-12-10-8-6-4-2/h5,7,11,13,17,19,23,25,28-29,31-32,34-35,37-38,40,42,61,63,67-69,71-74,76-77,79-81H,3-4,6,8-10,12,14-16,18,20-22,24,26-27,30,33,36,39,41,43-60,62,64-66H2,1-2H3,(H,75,78)/b7-5-,13-11-,19-17-,25-23-,29-28-,32-31-,35-34-,38-37-,42-40-,63-61+. The normalized spacial score (nSPS) is 19.0. The molecule has 1 aliphatic rings. The molecule has 9 heteroatoms. The van der Waals surface area contributed by atoms with Crippen LogP contribution in [0.3, 0.4) is 0 Å². The van der Waals surface area contributed by atoms with Crippen molar-refractivity contribution < 1.29 is 39.8 Å². The van der Waals surface area contributed by atoms with Crippen LogP contribution in [0, 0.1) is 0 Å². The summed E-state index contributed by atoms with van der Waals surface area (Å²) in [4.78, 5) is 13.1. The molecular formula is C74H127NO8. The second kappa shape index (κ2) is 61.7. The number of carbonyl (C=O) groups is 1. The summed E-state index contributed by atoms with van der Waals surface area (Å²) in [5.41, 5.74) is 0. The number of amides is 1. The molecule has 0 aliphatic carbocycles. The number of unbranched alkanes of at least 4 members (excludes halogenated alkanes) is 30.